The highest BCUT2D eigenvalue weighted by molar-refractivity contribution is 5.53. The second-order valence-electron chi connectivity index (χ2n) is 5.20. The Labute approximate surface area is 129 Å². The molecule has 112 valence electrons. The summed E-state index contributed by atoms with van der Waals surface area (Å²) in [6.45, 7) is 4.87. The van der Waals surface area contributed by atoms with E-state index < -0.39 is 0 Å². The van der Waals surface area contributed by atoms with Gasteiger partial charge in [0.1, 0.15) is 0 Å². The van der Waals surface area contributed by atoms with Crippen molar-refractivity contribution in [1.82, 2.24) is 20.3 Å². The molecule has 3 heterocycles. The molecule has 1 N–H and O–H groups in total. The van der Waals surface area contributed by atoms with Gasteiger partial charge in [-0.05, 0) is 32.0 Å². The maximum absolute atomic E-state index is 5.07. The third-order valence-electron chi connectivity index (χ3n) is 3.61. The number of hydrogen-bond donors (Lipinski definition) is 1. The topological polar surface area (TPSA) is 63.8 Å². The Morgan fingerprint density at radius 1 is 1.23 bits per heavy atom. The molecule has 0 aliphatic rings. The van der Waals surface area contributed by atoms with Crippen molar-refractivity contribution < 1.29 is 4.42 Å². The molecule has 3 aromatic rings. The summed E-state index contributed by atoms with van der Waals surface area (Å²) in [6.07, 6.45) is 8.81. The first-order chi connectivity index (χ1) is 10.7. The Morgan fingerprint density at radius 2 is 2.05 bits per heavy atom. The average Bonchev–Trinajstić information content (AvgIpc) is 3.07. The molecule has 0 aromatic carbocycles. The Balaban J connectivity index is 1.74. The van der Waals surface area contributed by atoms with Crippen LogP contribution in [0.25, 0.3) is 11.4 Å². The monoisotopic (exact) mass is 294 g/mol. The van der Waals surface area contributed by atoms with E-state index in [1.165, 1.54) is 0 Å². The van der Waals surface area contributed by atoms with Crippen LogP contribution in [0.15, 0.2) is 53.7 Å². The molecule has 5 heteroatoms. The molecule has 3 aromatic heterocycles. The zero-order valence-corrected chi connectivity index (χ0v) is 12.7. The minimum Gasteiger partial charge on any atom is -0.472 e. The molecular formula is C17H18N4O. The van der Waals surface area contributed by atoms with Crippen LogP contribution >= 0.6 is 0 Å². The predicted molar refractivity (Wildman–Crippen MR) is 84.0 cm³/mol. The lowest BCUT2D eigenvalue weighted by molar-refractivity contribution is 0.544. The molecule has 0 fully saturated rings. The predicted octanol–water partition coefficient (Wildman–Crippen LogP) is 3.29. The van der Waals surface area contributed by atoms with Crippen molar-refractivity contribution in [3.05, 3.63) is 66.1 Å². The first kappa shape index (κ1) is 14.4. The van der Waals surface area contributed by atoms with Gasteiger partial charge in [-0.3, -0.25) is 4.98 Å². The van der Waals surface area contributed by atoms with E-state index in [1.807, 2.05) is 31.3 Å². The fraction of sp³-hybridized carbons (Fsp3) is 0.235. The highest BCUT2D eigenvalue weighted by Crippen LogP contribution is 2.19. The summed E-state index contributed by atoms with van der Waals surface area (Å²) in [5.74, 6) is 0.727. The van der Waals surface area contributed by atoms with Crippen LogP contribution in [0.3, 0.4) is 0 Å². The average molecular weight is 294 g/mol. The molecule has 0 radical (unpaired) electrons. The van der Waals surface area contributed by atoms with E-state index in [0.29, 0.717) is 0 Å². The van der Waals surface area contributed by atoms with Crippen molar-refractivity contribution in [3.8, 4) is 11.4 Å². The first-order valence-corrected chi connectivity index (χ1v) is 7.22. The molecule has 3 rings (SSSR count). The Hall–Kier alpha value is -2.53. The van der Waals surface area contributed by atoms with E-state index in [1.54, 1.807) is 24.9 Å². The number of furan rings is 1. The number of pyridine rings is 1. The van der Waals surface area contributed by atoms with Crippen LogP contribution in [0, 0.1) is 6.92 Å². The van der Waals surface area contributed by atoms with Crippen molar-refractivity contribution in [2.24, 2.45) is 0 Å². The number of nitrogens with one attached hydrogen (secondary N) is 1. The van der Waals surface area contributed by atoms with Crippen molar-refractivity contribution in [2.75, 3.05) is 0 Å². The molecule has 0 aliphatic heterocycles. The van der Waals surface area contributed by atoms with Gasteiger partial charge >= 0.3 is 0 Å². The van der Waals surface area contributed by atoms with E-state index in [0.717, 1.165) is 34.8 Å². The third-order valence-corrected chi connectivity index (χ3v) is 3.61. The highest BCUT2D eigenvalue weighted by atomic mass is 16.3. The van der Waals surface area contributed by atoms with Crippen LogP contribution < -0.4 is 5.32 Å². The Bertz CT molecular complexity index is 726. The summed E-state index contributed by atoms with van der Waals surface area (Å²) < 4.78 is 5.07. The van der Waals surface area contributed by atoms with E-state index in [9.17, 15) is 0 Å². The summed E-state index contributed by atoms with van der Waals surface area (Å²) >= 11 is 0. The van der Waals surface area contributed by atoms with Gasteiger partial charge in [0, 0.05) is 53.6 Å². The minimum absolute atomic E-state index is 0.168. The fourth-order valence-electron chi connectivity index (χ4n) is 2.32. The van der Waals surface area contributed by atoms with Gasteiger partial charge in [0.15, 0.2) is 5.82 Å². The van der Waals surface area contributed by atoms with Gasteiger partial charge in [-0.1, -0.05) is 0 Å². The maximum atomic E-state index is 5.07. The normalized spacial score (nSPS) is 12.3. The summed E-state index contributed by atoms with van der Waals surface area (Å²) in [5.41, 5.74) is 4.18. The van der Waals surface area contributed by atoms with Crippen LogP contribution in [0.4, 0.5) is 0 Å². The number of aromatic nitrogens is 3. The SMILES string of the molecule is Cc1nc(-c2ccncc2)ncc1C(C)NCc1ccoc1. The van der Waals surface area contributed by atoms with Gasteiger partial charge in [0.2, 0.25) is 0 Å². The van der Waals surface area contributed by atoms with Crippen molar-refractivity contribution in [2.45, 2.75) is 26.4 Å². The van der Waals surface area contributed by atoms with Crippen LogP contribution in [0.5, 0.6) is 0 Å². The largest absolute Gasteiger partial charge is 0.472 e. The molecule has 0 bridgehead atoms. The van der Waals surface area contributed by atoms with Gasteiger partial charge in [-0.25, -0.2) is 9.97 Å². The number of hydrogen-bond acceptors (Lipinski definition) is 5. The van der Waals surface area contributed by atoms with Crippen molar-refractivity contribution in [3.63, 3.8) is 0 Å². The number of rotatable bonds is 5. The van der Waals surface area contributed by atoms with Gasteiger partial charge in [-0.2, -0.15) is 0 Å². The molecular weight excluding hydrogens is 276 g/mol. The molecule has 1 unspecified atom stereocenters. The maximum Gasteiger partial charge on any atom is 0.159 e. The summed E-state index contributed by atoms with van der Waals surface area (Å²) in [5, 5.41) is 3.45. The molecule has 0 saturated carbocycles. The van der Waals surface area contributed by atoms with Gasteiger partial charge < -0.3 is 9.73 Å². The molecule has 22 heavy (non-hydrogen) atoms. The second-order valence-corrected chi connectivity index (χ2v) is 5.20. The zero-order valence-electron chi connectivity index (χ0n) is 12.7. The third kappa shape index (κ3) is 3.20. The standard InChI is InChI=1S/C17H18N4O/c1-12(19-9-14-5-8-22-11-14)16-10-20-17(21-13(16)2)15-3-6-18-7-4-15/h3-8,10-12,19H,9H2,1-2H3. The lowest BCUT2D eigenvalue weighted by atomic mass is 10.1. The van der Waals surface area contributed by atoms with Gasteiger partial charge in [-0.15, -0.1) is 0 Å². The molecule has 0 aliphatic carbocycles. The quantitative estimate of drug-likeness (QED) is 0.782. The lowest BCUT2D eigenvalue weighted by Crippen LogP contribution is -2.19. The van der Waals surface area contributed by atoms with E-state index in [-0.39, 0.29) is 6.04 Å². The van der Waals surface area contributed by atoms with Crippen LogP contribution in [0.2, 0.25) is 0 Å². The van der Waals surface area contributed by atoms with Crippen LogP contribution in [-0.2, 0) is 6.54 Å². The Morgan fingerprint density at radius 3 is 2.73 bits per heavy atom. The molecule has 0 amide bonds. The summed E-state index contributed by atoms with van der Waals surface area (Å²) in [7, 11) is 0. The van der Waals surface area contributed by atoms with Crippen LogP contribution in [0.1, 0.15) is 29.8 Å². The highest BCUT2D eigenvalue weighted by Gasteiger charge is 2.11. The molecule has 0 saturated heterocycles. The zero-order chi connectivity index (χ0) is 15.4. The van der Waals surface area contributed by atoms with E-state index in [2.05, 4.69) is 27.2 Å². The molecule has 0 spiro atoms. The Kier molecular flexibility index (Phi) is 4.25. The molecule has 5 nitrogen and oxygen atoms in total. The first-order valence-electron chi connectivity index (χ1n) is 7.22. The van der Waals surface area contributed by atoms with E-state index >= 15 is 0 Å². The summed E-state index contributed by atoms with van der Waals surface area (Å²) in [4.78, 5) is 13.1. The minimum atomic E-state index is 0.168. The van der Waals surface area contributed by atoms with Crippen molar-refractivity contribution >= 4 is 0 Å². The summed E-state index contributed by atoms with van der Waals surface area (Å²) in [6, 6.07) is 5.95. The number of nitrogens with zero attached hydrogens (tertiary/aromatic N) is 3. The van der Waals surface area contributed by atoms with Gasteiger partial charge in [0.05, 0.1) is 12.5 Å². The van der Waals surface area contributed by atoms with Gasteiger partial charge in [0.25, 0.3) is 0 Å². The molecule has 1 atom stereocenters. The van der Waals surface area contributed by atoms with E-state index in [4.69, 9.17) is 4.42 Å². The smallest absolute Gasteiger partial charge is 0.159 e. The number of aryl methyl sites for hydroxylation is 1. The fourth-order valence-corrected chi connectivity index (χ4v) is 2.32. The van der Waals surface area contributed by atoms with Crippen LogP contribution in [-0.4, -0.2) is 15.0 Å². The lowest BCUT2D eigenvalue weighted by Gasteiger charge is -2.15. The second kappa shape index (κ2) is 6.49. The van der Waals surface area contributed by atoms with Crippen molar-refractivity contribution in [1.29, 1.82) is 0 Å².